The van der Waals surface area contributed by atoms with Crippen LogP contribution in [0.2, 0.25) is 0 Å². The molecule has 0 saturated heterocycles. The van der Waals surface area contributed by atoms with E-state index in [0.29, 0.717) is 12.1 Å². The number of rotatable bonds is 6. The van der Waals surface area contributed by atoms with Crippen LogP contribution in [0.1, 0.15) is 32.4 Å². The Morgan fingerprint density at radius 1 is 1.22 bits per heavy atom. The monoisotopic (exact) mass is 327 g/mol. The number of aromatic amines is 1. The van der Waals surface area contributed by atoms with Gasteiger partial charge in [0.2, 0.25) is 11.6 Å². The Balaban J connectivity index is 1.64. The number of benzene rings is 1. The summed E-state index contributed by atoms with van der Waals surface area (Å²) in [4.78, 5) is 28.1. The second kappa shape index (κ2) is 6.57. The van der Waals surface area contributed by atoms with Gasteiger partial charge in [-0.15, -0.1) is 21.5 Å². The molecule has 0 radical (unpaired) electrons. The predicted octanol–water partition coefficient (Wildman–Crippen LogP) is 1.55. The fourth-order valence-corrected chi connectivity index (χ4v) is 2.85. The Bertz CT molecular complexity index is 824. The molecule has 116 valence electrons. The number of nitrogens with zero attached hydrogens (tertiary/aromatic N) is 4. The first kappa shape index (κ1) is 15.2. The normalized spacial score (nSPS) is 10.7. The minimum absolute atomic E-state index is 0.0578. The van der Waals surface area contributed by atoms with Crippen LogP contribution in [0.5, 0.6) is 0 Å². The summed E-state index contributed by atoms with van der Waals surface area (Å²) < 4.78 is 0. The van der Waals surface area contributed by atoms with E-state index < -0.39 is 11.6 Å². The summed E-state index contributed by atoms with van der Waals surface area (Å²) in [5, 5.41) is 15.1. The zero-order valence-corrected chi connectivity index (χ0v) is 13.1. The van der Waals surface area contributed by atoms with Crippen LogP contribution in [0.4, 0.5) is 0 Å². The lowest BCUT2D eigenvalue weighted by Crippen LogP contribution is -2.18. The number of carbonyl (C=O) groups excluding carboxylic acids is 2. The highest BCUT2D eigenvalue weighted by Gasteiger charge is 2.21. The number of carbonyl (C=O) groups is 2. The minimum Gasteiger partial charge on any atom is -0.290 e. The maximum absolute atomic E-state index is 11.9. The maximum Gasteiger partial charge on any atom is 0.269 e. The summed E-state index contributed by atoms with van der Waals surface area (Å²) in [6, 6.07) is 8.22. The first-order chi connectivity index (χ1) is 11.1. The van der Waals surface area contributed by atoms with Crippen molar-refractivity contribution in [3.05, 3.63) is 57.3 Å². The lowest BCUT2D eigenvalue weighted by Gasteiger charge is -1.98. The van der Waals surface area contributed by atoms with Crippen molar-refractivity contribution in [2.24, 2.45) is 0 Å². The van der Waals surface area contributed by atoms with Crippen molar-refractivity contribution in [3.63, 3.8) is 0 Å². The van der Waals surface area contributed by atoms with Gasteiger partial charge >= 0.3 is 0 Å². The van der Waals surface area contributed by atoms with E-state index in [4.69, 9.17) is 0 Å². The van der Waals surface area contributed by atoms with Gasteiger partial charge in [0, 0.05) is 11.8 Å². The quantitative estimate of drug-likeness (QED) is 0.544. The first-order valence-corrected chi connectivity index (χ1v) is 7.79. The number of ketones is 2. The highest BCUT2D eigenvalue weighted by Crippen LogP contribution is 2.16. The molecule has 2 aromatic heterocycles. The molecular formula is C15H13N5O2S. The van der Waals surface area contributed by atoms with E-state index in [-0.39, 0.29) is 12.2 Å². The number of nitrogens with one attached hydrogen (secondary N) is 1. The molecular weight excluding hydrogens is 314 g/mol. The summed E-state index contributed by atoms with van der Waals surface area (Å²) in [6.45, 7) is 2.04. The molecule has 0 amide bonds. The second-order valence-electron chi connectivity index (χ2n) is 5.06. The van der Waals surface area contributed by atoms with Crippen molar-refractivity contribution >= 4 is 22.9 Å². The number of aryl methyl sites for hydroxylation is 1. The number of H-pyrrole nitrogens is 1. The van der Waals surface area contributed by atoms with Gasteiger partial charge in [-0.3, -0.25) is 9.59 Å². The highest BCUT2D eigenvalue weighted by molar-refractivity contribution is 7.09. The third-order valence-corrected chi connectivity index (χ3v) is 4.12. The molecule has 23 heavy (non-hydrogen) atoms. The molecule has 0 saturated carbocycles. The van der Waals surface area contributed by atoms with E-state index in [0.717, 1.165) is 10.6 Å². The molecule has 1 aromatic carbocycles. The van der Waals surface area contributed by atoms with Gasteiger partial charge < -0.3 is 0 Å². The molecule has 0 unspecified atom stereocenters. The fraction of sp³-hybridized carbons (Fsp3) is 0.200. The summed E-state index contributed by atoms with van der Waals surface area (Å²) >= 11 is 1.48. The average molecular weight is 327 g/mol. The molecule has 3 aromatic rings. The van der Waals surface area contributed by atoms with Gasteiger partial charge in [-0.1, -0.05) is 29.8 Å². The van der Waals surface area contributed by atoms with Gasteiger partial charge in [0.05, 0.1) is 17.1 Å². The van der Waals surface area contributed by atoms with Crippen LogP contribution in [0.3, 0.4) is 0 Å². The number of thiazole rings is 1. The Labute approximate surface area is 135 Å². The van der Waals surface area contributed by atoms with E-state index in [1.807, 2.05) is 6.92 Å². The summed E-state index contributed by atoms with van der Waals surface area (Å²) in [5.41, 5.74) is 2.95. The lowest BCUT2D eigenvalue weighted by molar-refractivity contribution is -0.114. The Morgan fingerprint density at radius 3 is 2.70 bits per heavy atom. The van der Waals surface area contributed by atoms with E-state index in [1.165, 1.54) is 16.9 Å². The smallest absolute Gasteiger partial charge is 0.269 e. The van der Waals surface area contributed by atoms with Crippen molar-refractivity contribution in [2.75, 3.05) is 0 Å². The van der Waals surface area contributed by atoms with Gasteiger partial charge in [-0.2, -0.15) is 5.21 Å². The average Bonchev–Trinajstić information content (AvgIpc) is 3.21. The van der Waals surface area contributed by atoms with Crippen LogP contribution in [-0.2, 0) is 17.6 Å². The molecule has 0 fully saturated rings. The van der Waals surface area contributed by atoms with Crippen molar-refractivity contribution in [2.45, 2.75) is 19.8 Å². The van der Waals surface area contributed by atoms with E-state index >= 15 is 0 Å². The molecule has 8 heteroatoms. The Morgan fingerprint density at radius 2 is 2.00 bits per heavy atom. The van der Waals surface area contributed by atoms with Crippen LogP contribution >= 0.6 is 11.3 Å². The van der Waals surface area contributed by atoms with E-state index in [2.05, 4.69) is 49.9 Å². The van der Waals surface area contributed by atoms with Crippen LogP contribution in [0, 0.1) is 6.92 Å². The third kappa shape index (κ3) is 3.72. The molecule has 0 spiro atoms. The molecule has 0 atom stereocenters. The Kier molecular flexibility index (Phi) is 4.33. The molecule has 0 aliphatic heterocycles. The van der Waals surface area contributed by atoms with Crippen LogP contribution < -0.4 is 0 Å². The third-order valence-electron chi connectivity index (χ3n) is 3.22. The second-order valence-corrected chi connectivity index (χ2v) is 6.00. The number of hydrogen-bond acceptors (Lipinski definition) is 7. The largest absolute Gasteiger partial charge is 0.290 e. The van der Waals surface area contributed by atoms with Crippen molar-refractivity contribution in [1.82, 2.24) is 25.6 Å². The minimum atomic E-state index is -0.758. The van der Waals surface area contributed by atoms with Crippen molar-refractivity contribution in [3.8, 4) is 0 Å². The predicted molar refractivity (Wildman–Crippen MR) is 83.3 cm³/mol. The molecule has 1 N–H and O–H groups in total. The van der Waals surface area contributed by atoms with Gasteiger partial charge in [0.25, 0.3) is 5.78 Å². The first-order valence-electron chi connectivity index (χ1n) is 6.91. The highest BCUT2D eigenvalue weighted by atomic mass is 32.1. The number of Topliss-reactive ketones (excluding diaryl/α,β-unsaturated/α-hetero) is 2. The van der Waals surface area contributed by atoms with Gasteiger partial charge in [-0.25, -0.2) is 4.98 Å². The Hall–Kier alpha value is -2.74. The molecule has 3 rings (SSSR count). The van der Waals surface area contributed by atoms with Crippen molar-refractivity contribution < 1.29 is 9.59 Å². The standard InChI is InChI=1S/C15H13N5O2S/c1-9-2-4-10(5-3-9)6-13-16-11(8-23-13)7-12(21)14(22)15-17-19-20-18-15/h2-5,8H,6-7H2,1H3,(H,17,18,19,20). The van der Waals surface area contributed by atoms with E-state index in [9.17, 15) is 9.59 Å². The lowest BCUT2D eigenvalue weighted by atomic mass is 10.1. The SMILES string of the molecule is Cc1ccc(Cc2nc(CC(=O)C(=O)c3nn[nH]n3)cs2)cc1. The van der Waals surface area contributed by atoms with Gasteiger partial charge in [-0.05, 0) is 17.7 Å². The molecule has 2 heterocycles. The number of tetrazole rings is 1. The number of aromatic nitrogens is 5. The summed E-state index contributed by atoms with van der Waals surface area (Å²) in [5.74, 6) is -1.57. The van der Waals surface area contributed by atoms with Gasteiger partial charge in [0.1, 0.15) is 0 Å². The van der Waals surface area contributed by atoms with Crippen LogP contribution in [-0.4, -0.2) is 37.2 Å². The van der Waals surface area contributed by atoms with Crippen LogP contribution in [0.25, 0.3) is 0 Å². The molecule has 7 nitrogen and oxygen atoms in total. The van der Waals surface area contributed by atoms with Crippen LogP contribution in [0.15, 0.2) is 29.6 Å². The molecule has 0 bridgehead atoms. The maximum atomic E-state index is 11.9. The number of hydrogen-bond donors (Lipinski definition) is 1. The van der Waals surface area contributed by atoms with Gasteiger partial charge in [0.15, 0.2) is 0 Å². The molecule has 0 aliphatic carbocycles. The zero-order valence-electron chi connectivity index (χ0n) is 12.3. The summed E-state index contributed by atoms with van der Waals surface area (Å²) in [6.07, 6.45) is 0.649. The zero-order chi connectivity index (χ0) is 16.2. The topological polar surface area (TPSA) is 101 Å². The fourth-order valence-electron chi connectivity index (χ4n) is 2.02. The van der Waals surface area contributed by atoms with E-state index in [1.54, 1.807) is 5.38 Å². The van der Waals surface area contributed by atoms with Crippen molar-refractivity contribution in [1.29, 1.82) is 0 Å². The summed E-state index contributed by atoms with van der Waals surface area (Å²) in [7, 11) is 0. The molecule has 0 aliphatic rings.